The van der Waals surface area contributed by atoms with Crippen molar-refractivity contribution in [2.45, 2.75) is 19.5 Å². The summed E-state index contributed by atoms with van der Waals surface area (Å²) in [4.78, 5) is 12.3. The Morgan fingerprint density at radius 3 is 2.86 bits per heavy atom. The maximum absolute atomic E-state index is 11.1. The second-order valence-electron chi connectivity index (χ2n) is 2.92. The third-order valence-corrected chi connectivity index (χ3v) is 3.08. The Morgan fingerprint density at radius 1 is 1.64 bits per heavy atom. The van der Waals surface area contributed by atoms with Crippen LogP contribution in [0.15, 0.2) is 12.1 Å². The number of carbonyl (C=O) groups excluding carboxylic acids is 1. The Balaban J connectivity index is 2.37. The van der Waals surface area contributed by atoms with E-state index in [-0.39, 0.29) is 11.9 Å². The Bertz CT molecular complexity index is 314. The van der Waals surface area contributed by atoms with Crippen LogP contribution in [0.3, 0.4) is 0 Å². The molecule has 5 heteroatoms. The fraction of sp³-hybridized carbons (Fsp3) is 0.444. The third-order valence-electron chi connectivity index (χ3n) is 1.85. The molecular weight excluding hydrogens is 220 g/mol. The number of rotatable bonds is 4. The summed E-state index contributed by atoms with van der Waals surface area (Å²) >= 11 is 7.30. The molecule has 0 aliphatic carbocycles. The number of likely N-dealkylation sites (N-methyl/N-ethyl adjacent to an activating group) is 1. The molecule has 0 aliphatic rings. The summed E-state index contributed by atoms with van der Waals surface area (Å²) in [7, 11) is 1.63. The van der Waals surface area contributed by atoms with Gasteiger partial charge in [0.1, 0.15) is 0 Å². The Hall–Kier alpha value is -0.580. The van der Waals surface area contributed by atoms with Crippen LogP contribution in [0.1, 0.15) is 11.8 Å². The highest BCUT2D eigenvalue weighted by atomic mass is 35.5. The molecule has 3 nitrogen and oxygen atoms in total. The number of nitrogens with one attached hydrogen (secondary N) is 2. The molecule has 0 saturated heterocycles. The first-order valence-corrected chi connectivity index (χ1v) is 5.52. The van der Waals surface area contributed by atoms with Crippen LogP contribution in [0.2, 0.25) is 4.34 Å². The summed E-state index contributed by atoms with van der Waals surface area (Å²) in [6, 6.07) is 3.63. The lowest BCUT2D eigenvalue weighted by atomic mass is 10.3. The van der Waals surface area contributed by atoms with E-state index in [1.807, 2.05) is 19.1 Å². The molecule has 1 aromatic rings. The molecule has 1 aromatic heterocycles. The third kappa shape index (κ3) is 3.29. The van der Waals surface area contributed by atoms with E-state index < -0.39 is 0 Å². The van der Waals surface area contributed by atoms with Crippen molar-refractivity contribution in [3.05, 3.63) is 21.3 Å². The monoisotopic (exact) mass is 232 g/mol. The first-order valence-electron chi connectivity index (χ1n) is 4.32. The molecule has 1 unspecified atom stereocenters. The number of halogens is 1. The molecule has 0 aliphatic heterocycles. The van der Waals surface area contributed by atoms with Gasteiger partial charge >= 0.3 is 0 Å². The van der Waals surface area contributed by atoms with Gasteiger partial charge in [0.2, 0.25) is 5.91 Å². The summed E-state index contributed by atoms with van der Waals surface area (Å²) in [5, 5.41) is 5.68. The van der Waals surface area contributed by atoms with E-state index in [0.717, 1.165) is 9.21 Å². The second kappa shape index (κ2) is 5.34. The predicted octanol–water partition coefficient (Wildman–Crippen LogP) is 1.63. The van der Waals surface area contributed by atoms with Crippen LogP contribution in [0.25, 0.3) is 0 Å². The fourth-order valence-corrected chi connectivity index (χ4v) is 2.05. The summed E-state index contributed by atoms with van der Waals surface area (Å²) in [6.45, 7) is 2.50. The smallest absolute Gasteiger partial charge is 0.236 e. The van der Waals surface area contributed by atoms with E-state index >= 15 is 0 Å². The highest BCUT2D eigenvalue weighted by Gasteiger charge is 2.09. The minimum atomic E-state index is -0.180. The SMILES string of the molecule is CNC(=O)C(C)NCc1ccc(Cl)s1. The van der Waals surface area contributed by atoms with Gasteiger partial charge in [0.05, 0.1) is 10.4 Å². The van der Waals surface area contributed by atoms with Crippen molar-refractivity contribution in [1.29, 1.82) is 0 Å². The molecule has 1 heterocycles. The van der Waals surface area contributed by atoms with Crippen LogP contribution >= 0.6 is 22.9 Å². The molecule has 1 rings (SSSR count). The zero-order valence-corrected chi connectivity index (χ0v) is 9.71. The molecule has 0 spiro atoms. The molecule has 0 saturated carbocycles. The highest BCUT2D eigenvalue weighted by molar-refractivity contribution is 7.16. The quantitative estimate of drug-likeness (QED) is 0.829. The normalized spacial score (nSPS) is 12.5. The molecule has 0 aromatic carbocycles. The summed E-state index contributed by atoms with van der Waals surface area (Å²) in [5.41, 5.74) is 0. The van der Waals surface area contributed by atoms with Crippen molar-refractivity contribution in [3.8, 4) is 0 Å². The molecule has 0 radical (unpaired) electrons. The van der Waals surface area contributed by atoms with Gasteiger partial charge in [0.15, 0.2) is 0 Å². The van der Waals surface area contributed by atoms with Crippen molar-refractivity contribution in [1.82, 2.24) is 10.6 Å². The van der Waals surface area contributed by atoms with Crippen molar-refractivity contribution < 1.29 is 4.79 Å². The van der Waals surface area contributed by atoms with E-state index in [9.17, 15) is 4.79 Å². The van der Waals surface area contributed by atoms with Gasteiger partial charge in [-0.15, -0.1) is 11.3 Å². The van der Waals surface area contributed by atoms with E-state index in [2.05, 4.69) is 10.6 Å². The summed E-state index contributed by atoms with van der Waals surface area (Å²) in [5.74, 6) is -0.00680. The molecular formula is C9H13ClN2OS. The van der Waals surface area contributed by atoms with Crippen LogP contribution in [-0.2, 0) is 11.3 Å². The van der Waals surface area contributed by atoms with Crippen LogP contribution in [0.4, 0.5) is 0 Å². The standard InChI is InChI=1S/C9H13ClN2OS/c1-6(9(13)11-2)12-5-7-3-4-8(10)14-7/h3-4,6,12H,5H2,1-2H3,(H,11,13). The van der Waals surface area contributed by atoms with Gasteiger partial charge in [-0.05, 0) is 19.1 Å². The van der Waals surface area contributed by atoms with Crippen LogP contribution in [-0.4, -0.2) is 19.0 Å². The topological polar surface area (TPSA) is 41.1 Å². The fourth-order valence-electron chi connectivity index (χ4n) is 1.01. The zero-order chi connectivity index (χ0) is 10.6. The first kappa shape index (κ1) is 11.5. The molecule has 0 fully saturated rings. The van der Waals surface area contributed by atoms with Gasteiger partial charge < -0.3 is 10.6 Å². The largest absolute Gasteiger partial charge is 0.358 e. The Kier molecular flexibility index (Phi) is 4.38. The van der Waals surface area contributed by atoms with Crippen LogP contribution in [0, 0.1) is 0 Å². The molecule has 2 N–H and O–H groups in total. The minimum absolute atomic E-state index is 0.00680. The van der Waals surface area contributed by atoms with Gasteiger partial charge in [-0.2, -0.15) is 0 Å². The number of amides is 1. The van der Waals surface area contributed by atoms with Crippen molar-refractivity contribution >= 4 is 28.8 Å². The average Bonchev–Trinajstić information content (AvgIpc) is 2.59. The van der Waals surface area contributed by atoms with Gasteiger partial charge in [-0.1, -0.05) is 11.6 Å². The molecule has 1 amide bonds. The van der Waals surface area contributed by atoms with Gasteiger partial charge in [-0.25, -0.2) is 0 Å². The van der Waals surface area contributed by atoms with Crippen molar-refractivity contribution in [3.63, 3.8) is 0 Å². The van der Waals surface area contributed by atoms with E-state index in [0.29, 0.717) is 6.54 Å². The van der Waals surface area contributed by atoms with E-state index in [1.54, 1.807) is 7.05 Å². The van der Waals surface area contributed by atoms with Crippen molar-refractivity contribution in [2.75, 3.05) is 7.05 Å². The average molecular weight is 233 g/mol. The summed E-state index contributed by atoms with van der Waals surface area (Å²) < 4.78 is 0.773. The number of hydrogen-bond acceptors (Lipinski definition) is 3. The van der Waals surface area contributed by atoms with Crippen LogP contribution in [0.5, 0.6) is 0 Å². The van der Waals surface area contributed by atoms with Gasteiger partial charge in [-0.3, -0.25) is 4.79 Å². The highest BCUT2D eigenvalue weighted by Crippen LogP contribution is 2.20. The second-order valence-corrected chi connectivity index (χ2v) is 4.72. The lowest BCUT2D eigenvalue weighted by Crippen LogP contribution is -2.40. The van der Waals surface area contributed by atoms with Crippen molar-refractivity contribution in [2.24, 2.45) is 0 Å². The minimum Gasteiger partial charge on any atom is -0.358 e. The van der Waals surface area contributed by atoms with Gasteiger partial charge in [0.25, 0.3) is 0 Å². The first-order chi connectivity index (χ1) is 6.63. The summed E-state index contributed by atoms with van der Waals surface area (Å²) in [6.07, 6.45) is 0. The number of hydrogen-bond donors (Lipinski definition) is 2. The van der Waals surface area contributed by atoms with Gasteiger partial charge in [0, 0.05) is 18.5 Å². The molecule has 14 heavy (non-hydrogen) atoms. The van der Waals surface area contributed by atoms with E-state index in [4.69, 9.17) is 11.6 Å². The maximum Gasteiger partial charge on any atom is 0.236 e. The predicted molar refractivity (Wildman–Crippen MR) is 59.7 cm³/mol. The number of thiophene rings is 1. The number of carbonyl (C=O) groups is 1. The molecule has 78 valence electrons. The molecule has 1 atom stereocenters. The lowest BCUT2D eigenvalue weighted by Gasteiger charge is -2.10. The Labute approximate surface area is 92.5 Å². The lowest BCUT2D eigenvalue weighted by molar-refractivity contribution is -0.122. The van der Waals surface area contributed by atoms with E-state index in [1.165, 1.54) is 11.3 Å². The van der Waals surface area contributed by atoms with Crippen LogP contribution < -0.4 is 10.6 Å². The molecule has 0 bridgehead atoms. The zero-order valence-electron chi connectivity index (χ0n) is 8.13. The Morgan fingerprint density at radius 2 is 2.36 bits per heavy atom. The maximum atomic E-state index is 11.1.